The summed E-state index contributed by atoms with van der Waals surface area (Å²) in [5.74, 6) is -0.539. The summed E-state index contributed by atoms with van der Waals surface area (Å²) < 4.78 is 0. The molecule has 2 aromatic carbocycles. The molecule has 0 saturated heterocycles. The summed E-state index contributed by atoms with van der Waals surface area (Å²) in [7, 11) is 1.60. The summed E-state index contributed by atoms with van der Waals surface area (Å²) in [5.41, 5.74) is 1.63. The summed E-state index contributed by atoms with van der Waals surface area (Å²) >= 11 is 12.3. The topological polar surface area (TPSA) is 63.2 Å². The Morgan fingerprint density at radius 3 is 2.52 bits per heavy atom. The molecular weight excluding hydrogens is 385 g/mol. The molecule has 0 N–H and O–H groups in total. The molecule has 0 atom stereocenters. The lowest BCUT2D eigenvalue weighted by Gasteiger charge is -2.20. The van der Waals surface area contributed by atoms with Crippen molar-refractivity contribution in [3.05, 3.63) is 87.9 Å². The van der Waals surface area contributed by atoms with Crippen molar-refractivity contribution >= 4 is 40.6 Å². The maximum atomic E-state index is 13.0. The quantitative estimate of drug-likeness (QED) is 0.602. The third-order valence-electron chi connectivity index (χ3n) is 4.01. The minimum Gasteiger partial charge on any atom is -0.314 e. The number of carbonyl (C=O) groups excluding carboxylic acids is 2. The van der Waals surface area contributed by atoms with Gasteiger partial charge < -0.3 is 4.90 Å². The van der Waals surface area contributed by atoms with Crippen LogP contribution in [0, 0.1) is 0 Å². The number of aromatic nitrogens is 2. The fourth-order valence-electron chi connectivity index (χ4n) is 2.60. The SMILES string of the molecule is CN(C(=O)Cc1cnccn1)c1ccc(Cl)cc1C(=O)c1ccccc1Cl. The average molecular weight is 400 g/mol. The lowest BCUT2D eigenvalue weighted by Crippen LogP contribution is -2.29. The number of amides is 1. The highest BCUT2D eigenvalue weighted by Crippen LogP contribution is 2.28. The number of nitrogens with zero attached hydrogens (tertiary/aromatic N) is 3. The molecule has 7 heteroatoms. The number of hydrogen-bond donors (Lipinski definition) is 0. The Kier molecular flexibility index (Phi) is 5.84. The van der Waals surface area contributed by atoms with Gasteiger partial charge in [-0.2, -0.15) is 0 Å². The zero-order chi connectivity index (χ0) is 19.4. The van der Waals surface area contributed by atoms with E-state index < -0.39 is 0 Å². The van der Waals surface area contributed by atoms with Crippen molar-refractivity contribution in [2.45, 2.75) is 6.42 Å². The second-order valence-corrected chi connectivity index (χ2v) is 6.64. The van der Waals surface area contributed by atoms with Gasteiger partial charge in [-0.1, -0.05) is 35.3 Å². The van der Waals surface area contributed by atoms with Crippen LogP contribution < -0.4 is 4.90 Å². The van der Waals surface area contributed by atoms with E-state index in [1.807, 2.05) is 0 Å². The fourth-order valence-corrected chi connectivity index (χ4v) is 3.00. The van der Waals surface area contributed by atoms with Gasteiger partial charge in [-0.3, -0.25) is 19.6 Å². The first kappa shape index (κ1) is 19.0. The van der Waals surface area contributed by atoms with E-state index in [9.17, 15) is 9.59 Å². The molecule has 0 saturated carbocycles. The number of halogens is 2. The summed E-state index contributed by atoms with van der Waals surface area (Å²) in [6.07, 6.45) is 4.66. The number of hydrogen-bond acceptors (Lipinski definition) is 4. The standard InChI is InChI=1S/C20H15Cl2N3O2/c1-25(19(26)11-14-12-23-8-9-24-14)18-7-6-13(21)10-16(18)20(27)15-4-2-3-5-17(15)22/h2-10,12H,11H2,1H3. The van der Waals surface area contributed by atoms with Crippen LogP contribution in [0.3, 0.4) is 0 Å². The minimum atomic E-state index is -0.308. The molecule has 0 unspecified atom stereocenters. The van der Waals surface area contributed by atoms with E-state index in [0.29, 0.717) is 32.6 Å². The van der Waals surface area contributed by atoms with Gasteiger partial charge >= 0.3 is 0 Å². The molecule has 1 heterocycles. The summed E-state index contributed by atoms with van der Waals surface area (Å²) in [4.78, 5) is 35.2. The molecule has 0 aliphatic heterocycles. The largest absolute Gasteiger partial charge is 0.314 e. The smallest absolute Gasteiger partial charge is 0.232 e. The third kappa shape index (κ3) is 4.32. The predicted molar refractivity (Wildman–Crippen MR) is 105 cm³/mol. The molecule has 0 bridgehead atoms. The van der Waals surface area contributed by atoms with E-state index in [4.69, 9.17) is 23.2 Å². The molecule has 3 aromatic rings. The second-order valence-electron chi connectivity index (χ2n) is 5.80. The number of anilines is 1. The zero-order valence-corrected chi connectivity index (χ0v) is 15.9. The van der Waals surface area contributed by atoms with Crippen LogP contribution in [0.1, 0.15) is 21.6 Å². The van der Waals surface area contributed by atoms with E-state index in [1.165, 1.54) is 29.6 Å². The van der Waals surface area contributed by atoms with Crippen LogP contribution in [0.5, 0.6) is 0 Å². The van der Waals surface area contributed by atoms with Crippen molar-refractivity contribution in [3.63, 3.8) is 0 Å². The number of benzene rings is 2. The summed E-state index contributed by atoms with van der Waals surface area (Å²) in [5, 5.41) is 0.728. The highest BCUT2D eigenvalue weighted by molar-refractivity contribution is 6.36. The van der Waals surface area contributed by atoms with Gasteiger partial charge in [0.05, 0.1) is 22.8 Å². The molecular formula is C20H15Cl2N3O2. The van der Waals surface area contributed by atoms with Gasteiger partial charge in [0, 0.05) is 41.8 Å². The molecule has 136 valence electrons. The highest BCUT2D eigenvalue weighted by atomic mass is 35.5. The number of carbonyl (C=O) groups is 2. The van der Waals surface area contributed by atoms with Gasteiger partial charge in [0.1, 0.15) is 0 Å². The third-order valence-corrected chi connectivity index (χ3v) is 4.57. The summed E-state index contributed by atoms with van der Waals surface area (Å²) in [6.45, 7) is 0. The summed E-state index contributed by atoms with van der Waals surface area (Å²) in [6, 6.07) is 11.6. The predicted octanol–water partition coefficient (Wildman–Crippen LogP) is 4.22. The monoisotopic (exact) mass is 399 g/mol. The van der Waals surface area contributed by atoms with Gasteiger partial charge in [0.15, 0.2) is 5.78 Å². The van der Waals surface area contributed by atoms with E-state index in [0.717, 1.165) is 0 Å². The van der Waals surface area contributed by atoms with Crippen molar-refractivity contribution in [1.29, 1.82) is 0 Å². The van der Waals surface area contributed by atoms with Crippen molar-refractivity contribution < 1.29 is 9.59 Å². The maximum absolute atomic E-state index is 13.0. The van der Waals surface area contributed by atoms with Crippen molar-refractivity contribution in [2.24, 2.45) is 0 Å². The van der Waals surface area contributed by atoms with Crippen LogP contribution in [-0.4, -0.2) is 28.7 Å². The van der Waals surface area contributed by atoms with Crippen molar-refractivity contribution in [2.75, 3.05) is 11.9 Å². The number of rotatable bonds is 5. The van der Waals surface area contributed by atoms with Crippen LogP contribution in [0.4, 0.5) is 5.69 Å². The molecule has 0 fully saturated rings. The Morgan fingerprint density at radius 1 is 1.04 bits per heavy atom. The molecule has 5 nitrogen and oxygen atoms in total. The second kappa shape index (κ2) is 8.29. The van der Waals surface area contributed by atoms with Gasteiger partial charge in [-0.25, -0.2) is 0 Å². The average Bonchev–Trinajstić information content (AvgIpc) is 2.68. The zero-order valence-electron chi connectivity index (χ0n) is 14.4. The van der Waals surface area contributed by atoms with Crippen LogP contribution in [0.15, 0.2) is 61.1 Å². The molecule has 0 aliphatic carbocycles. The lowest BCUT2D eigenvalue weighted by molar-refractivity contribution is -0.117. The first-order chi connectivity index (χ1) is 13.0. The van der Waals surface area contributed by atoms with Crippen molar-refractivity contribution in [1.82, 2.24) is 9.97 Å². The Labute approximate surface area is 166 Å². The minimum absolute atomic E-state index is 0.0622. The maximum Gasteiger partial charge on any atom is 0.232 e. The van der Waals surface area contributed by atoms with E-state index in [-0.39, 0.29) is 18.1 Å². The van der Waals surface area contributed by atoms with Crippen molar-refractivity contribution in [3.8, 4) is 0 Å². The van der Waals surface area contributed by atoms with Gasteiger partial charge in [0.25, 0.3) is 0 Å². The number of ketones is 1. The van der Waals surface area contributed by atoms with Gasteiger partial charge in [-0.15, -0.1) is 0 Å². The number of likely N-dealkylation sites (N-methyl/N-ethyl adjacent to an activating group) is 1. The first-order valence-corrected chi connectivity index (χ1v) is 8.83. The molecule has 0 aliphatic rings. The van der Waals surface area contributed by atoms with Crippen LogP contribution in [-0.2, 0) is 11.2 Å². The molecule has 0 spiro atoms. The first-order valence-electron chi connectivity index (χ1n) is 8.07. The van der Waals surface area contributed by atoms with E-state index in [2.05, 4.69) is 9.97 Å². The molecule has 27 heavy (non-hydrogen) atoms. The molecule has 0 radical (unpaired) electrons. The Balaban J connectivity index is 1.95. The Bertz CT molecular complexity index is 994. The highest BCUT2D eigenvalue weighted by Gasteiger charge is 2.22. The Morgan fingerprint density at radius 2 is 1.81 bits per heavy atom. The van der Waals surface area contributed by atoms with E-state index in [1.54, 1.807) is 43.4 Å². The van der Waals surface area contributed by atoms with Gasteiger partial charge in [0.2, 0.25) is 5.91 Å². The van der Waals surface area contributed by atoms with Gasteiger partial charge in [-0.05, 0) is 30.3 Å². The molecule has 1 aromatic heterocycles. The normalized spacial score (nSPS) is 10.5. The Hall–Kier alpha value is -2.76. The molecule has 3 rings (SSSR count). The van der Waals surface area contributed by atoms with E-state index >= 15 is 0 Å². The molecule has 1 amide bonds. The van der Waals surface area contributed by atoms with Crippen LogP contribution in [0.25, 0.3) is 0 Å². The lowest BCUT2D eigenvalue weighted by atomic mass is 10.0. The van der Waals surface area contributed by atoms with Crippen LogP contribution in [0.2, 0.25) is 10.0 Å². The van der Waals surface area contributed by atoms with Crippen LogP contribution >= 0.6 is 23.2 Å². The fraction of sp³-hybridized carbons (Fsp3) is 0.100.